The van der Waals surface area contributed by atoms with E-state index in [0.29, 0.717) is 0 Å². The number of rotatable bonds is 2. The van der Waals surface area contributed by atoms with Crippen LogP contribution in [0.3, 0.4) is 0 Å². The maximum Gasteiger partial charge on any atom is 0.311 e. The minimum absolute atomic E-state index is 0.394. The van der Waals surface area contributed by atoms with Gasteiger partial charge in [0.2, 0.25) is 0 Å². The Kier molecular flexibility index (Phi) is 3.03. The lowest BCUT2D eigenvalue weighted by Gasteiger charge is -2.28. The van der Waals surface area contributed by atoms with Crippen LogP contribution in [-0.4, -0.2) is 16.2 Å². The molecule has 0 saturated heterocycles. The molecule has 0 aromatic heterocycles. The second-order valence-corrected chi connectivity index (χ2v) is 5.79. The zero-order valence-electron chi connectivity index (χ0n) is 10.8. The molecule has 1 aliphatic carbocycles. The van der Waals surface area contributed by atoms with E-state index in [-0.39, 0.29) is 0 Å². The Morgan fingerprint density at radius 3 is 2.44 bits per heavy atom. The summed E-state index contributed by atoms with van der Waals surface area (Å²) in [4.78, 5) is 11.5. The van der Waals surface area contributed by atoms with Crippen molar-refractivity contribution in [3.05, 3.63) is 41.5 Å². The molecule has 2 unspecified atom stereocenters. The van der Waals surface area contributed by atoms with Gasteiger partial charge in [0.15, 0.2) is 0 Å². The first-order valence-corrected chi connectivity index (χ1v) is 6.04. The number of hydrogen-bond donors (Lipinski definition) is 2. The number of aliphatic carboxylic acids is 1. The second-order valence-electron chi connectivity index (χ2n) is 5.79. The van der Waals surface area contributed by atoms with Crippen LogP contribution in [0.15, 0.2) is 30.3 Å². The molecule has 96 valence electrons. The maximum atomic E-state index is 11.5. The third-order valence-corrected chi connectivity index (χ3v) is 3.35. The second kappa shape index (κ2) is 4.25. The van der Waals surface area contributed by atoms with Crippen LogP contribution in [0.2, 0.25) is 0 Å². The van der Waals surface area contributed by atoms with Crippen LogP contribution in [0, 0.1) is 11.3 Å². The highest BCUT2D eigenvalue weighted by atomic mass is 16.4. The summed E-state index contributed by atoms with van der Waals surface area (Å²) in [5, 5.41) is 19.4. The Bertz CT molecular complexity index is 509. The van der Waals surface area contributed by atoms with Crippen LogP contribution in [0.5, 0.6) is 0 Å². The molecule has 2 rings (SSSR count). The van der Waals surface area contributed by atoms with Gasteiger partial charge in [-0.1, -0.05) is 45.0 Å². The molecular weight excluding hydrogens is 228 g/mol. The Morgan fingerprint density at radius 2 is 1.89 bits per heavy atom. The van der Waals surface area contributed by atoms with Crippen molar-refractivity contribution in [1.82, 2.24) is 0 Å². The van der Waals surface area contributed by atoms with Gasteiger partial charge in [-0.2, -0.15) is 0 Å². The van der Waals surface area contributed by atoms with Crippen molar-refractivity contribution < 1.29 is 15.0 Å². The lowest BCUT2D eigenvalue weighted by Crippen LogP contribution is -2.29. The number of hydrogen-bond acceptors (Lipinski definition) is 2. The first kappa shape index (κ1) is 12.8. The van der Waals surface area contributed by atoms with E-state index < -0.39 is 23.4 Å². The molecule has 1 aromatic carbocycles. The third-order valence-electron chi connectivity index (χ3n) is 3.35. The van der Waals surface area contributed by atoms with E-state index in [1.54, 1.807) is 6.08 Å². The van der Waals surface area contributed by atoms with E-state index in [4.69, 9.17) is 0 Å². The summed E-state index contributed by atoms with van der Waals surface area (Å²) in [6.45, 7) is 5.71. The number of carboxylic acids is 1. The molecule has 0 aliphatic heterocycles. The minimum atomic E-state index is -0.849. The van der Waals surface area contributed by atoms with Crippen molar-refractivity contribution in [2.24, 2.45) is 11.3 Å². The van der Waals surface area contributed by atoms with Crippen LogP contribution in [0.1, 0.15) is 38.0 Å². The molecule has 1 aliphatic rings. The van der Waals surface area contributed by atoms with Crippen LogP contribution < -0.4 is 0 Å². The van der Waals surface area contributed by atoms with E-state index in [9.17, 15) is 15.0 Å². The molecule has 0 spiro atoms. The zero-order valence-corrected chi connectivity index (χ0v) is 10.8. The molecule has 0 amide bonds. The molecule has 0 bridgehead atoms. The van der Waals surface area contributed by atoms with Gasteiger partial charge in [-0.05, 0) is 28.2 Å². The fourth-order valence-electron chi connectivity index (χ4n) is 2.59. The third kappa shape index (κ3) is 2.06. The number of fused-ring (bicyclic) bond motifs is 1. The summed E-state index contributed by atoms with van der Waals surface area (Å²) in [6, 6.07) is 7.43. The van der Waals surface area contributed by atoms with Crippen LogP contribution in [-0.2, 0) is 4.79 Å². The van der Waals surface area contributed by atoms with Gasteiger partial charge in [0.05, 0.1) is 12.0 Å². The van der Waals surface area contributed by atoms with Gasteiger partial charge in [0.1, 0.15) is 0 Å². The van der Waals surface area contributed by atoms with Gasteiger partial charge in [-0.25, -0.2) is 0 Å². The predicted molar refractivity (Wildman–Crippen MR) is 70.0 cm³/mol. The van der Waals surface area contributed by atoms with E-state index in [2.05, 4.69) is 0 Å². The first-order valence-electron chi connectivity index (χ1n) is 6.04. The fraction of sp³-hybridized carbons (Fsp3) is 0.400. The molecule has 18 heavy (non-hydrogen) atoms. The highest BCUT2D eigenvalue weighted by Crippen LogP contribution is 2.44. The largest absolute Gasteiger partial charge is 0.481 e. The Morgan fingerprint density at radius 1 is 1.28 bits per heavy atom. The molecule has 2 N–H and O–H groups in total. The molecule has 1 aromatic rings. The van der Waals surface area contributed by atoms with Crippen molar-refractivity contribution in [2.45, 2.75) is 26.9 Å². The molecule has 0 saturated carbocycles. The average Bonchev–Trinajstić information content (AvgIpc) is 2.55. The molecule has 0 heterocycles. The number of aliphatic hydroxyl groups excluding tert-OH is 1. The Balaban J connectivity index is 2.52. The molecule has 0 radical (unpaired) electrons. The molecule has 0 fully saturated rings. The van der Waals surface area contributed by atoms with Crippen molar-refractivity contribution in [2.75, 3.05) is 0 Å². The lowest BCUT2D eigenvalue weighted by atomic mass is 9.75. The predicted octanol–water partition coefficient (Wildman–Crippen LogP) is 2.86. The molecular formula is C15H18O3. The van der Waals surface area contributed by atoms with Gasteiger partial charge in [0.25, 0.3) is 0 Å². The number of aliphatic hydroxyl groups is 1. The number of carbonyl (C=O) groups is 1. The maximum absolute atomic E-state index is 11.5. The molecule has 2 atom stereocenters. The van der Waals surface area contributed by atoms with Gasteiger partial charge in [0, 0.05) is 0 Å². The fourth-order valence-corrected chi connectivity index (χ4v) is 2.59. The minimum Gasteiger partial charge on any atom is -0.481 e. The van der Waals surface area contributed by atoms with Gasteiger partial charge in [-0.3, -0.25) is 4.79 Å². The highest BCUT2D eigenvalue weighted by Gasteiger charge is 2.38. The highest BCUT2D eigenvalue weighted by molar-refractivity contribution is 5.91. The van der Waals surface area contributed by atoms with Crippen LogP contribution in [0.4, 0.5) is 0 Å². The SMILES string of the molecule is CC(C)(C)C(C(=O)O)C1=CC(O)c2ccccc21. The molecule has 3 nitrogen and oxygen atoms in total. The number of benzene rings is 1. The average molecular weight is 246 g/mol. The van der Waals surface area contributed by atoms with Gasteiger partial charge >= 0.3 is 5.97 Å². The van der Waals surface area contributed by atoms with Crippen molar-refractivity contribution in [1.29, 1.82) is 0 Å². The smallest absolute Gasteiger partial charge is 0.311 e. The van der Waals surface area contributed by atoms with Gasteiger partial charge in [-0.15, -0.1) is 0 Å². The van der Waals surface area contributed by atoms with E-state index in [0.717, 1.165) is 16.7 Å². The summed E-state index contributed by atoms with van der Waals surface area (Å²) in [5.41, 5.74) is 1.97. The normalized spacial score (nSPS) is 20.2. The quantitative estimate of drug-likeness (QED) is 0.843. The summed E-state index contributed by atoms with van der Waals surface area (Å²) >= 11 is 0. The van der Waals surface area contributed by atoms with E-state index in [1.807, 2.05) is 45.0 Å². The van der Waals surface area contributed by atoms with Crippen molar-refractivity contribution in [3.63, 3.8) is 0 Å². The summed E-state index contributed by atoms with van der Waals surface area (Å²) < 4.78 is 0. The van der Waals surface area contributed by atoms with Crippen molar-refractivity contribution in [3.8, 4) is 0 Å². The standard InChI is InChI=1S/C15H18O3/c1-15(2,3)13(14(17)18)11-8-12(16)10-7-5-4-6-9(10)11/h4-8,12-13,16H,1-3H3,(H,17,18). The van der Waals surface area contributed by atoms with Gasteiger partial charge < -0.3 is 10.2 Å². The van der Waals surface area contributed by atoms with Crippen LogP contribution >= 0.6 is 0 Å². The number of carboxylic acid groups (broad SMARTS) is 1. The Hall–Kier alpha value is -1.61. The topological polar surface area (TPSA) is 57.5 Å². The summed E-state index contributed by atoms with van der Waals surface area (Å²) in [5.74, 6) is -1.46. The Labute approximate surface area is 107 Å². The summed E-state index contributed by atoms with van der Waals surface area (Å²) in [7, 11) is 0. The lowest BCUT2D eigenvalue weighted by molar-refractivity contribution is -0.142. The molecule has 3 heteroatoms. The summed E-state index contributed by atoms with van der Waals surface area (Å²) in [6.07, 6.45) is 0.967. The van der Waals surface area contributed by atoms with Crippen molar-refractivity contribution >= 4 is 11.5 Å². The zero-order chi connectivity index (χ0) is 13.5. The first-order chi connectivity index (χ1) is 8.32. The van der Waals surface area contributed by atoms with Crippen LogP contribution in [0.25, 0.3) is 5.57 Å². The van der Waals surface area contributed by atoms with E-state index >= 15 is 0 Å². The monoisotopic (exact) mass is 246 g/mol. The van der Waals surface area contributed by atoms with E-state index in [1.165, 1.54) is 0 Å².